The summed E-state index contributed by atoms with van der Waals surface area (Å²) in [5.74, 6) is -1.41. The molecule has 0 radical (unpaired) electrons. The highest BCUT2D eigenvalue weighted by Gasteiger charge is 2.37. The Morgan fingerprint density at radius 1 is 1.21 bits per heavy atom. The predicted molar refractivity (Wildman–Crippen MR) is 109 cm³/mol. The molecule has 3 aromatic rings. The van der Waals surface area contributed by atoms with Crippen LogP contribution in [0.3, 0.4) is 0 Å². The van der Waals surface area contributed by atoms with Crippen molar-refractivity contribution in [3.05, 3.63) is 46.9 Å². The number of hydrogen-bond acceptors (Lipinski definition) is 6. The molecule has 4 heterocycles. The monoisotopic (exact) mass is 464 g/mol. The second-order valence-corrected chi connectivity index (χ2v) is 8.02. The Morgan fingerprint density at radius 3 is 2.58 bits per heavy atom. The van der Waals surface area contributed by atoms with Crippen LogP contribution in [0.1, 0.15) is 52.6 Å². The van der Waals surface area contributed by atoms with E-state index in [4.69, 9.17) is 4.42 Å². The first-order chi connectivity index (χ1) is 15.6. The molecule has 1 aliphatic heterocycles. The van der Waals surface area contributed by atoms with Crippen LogP contribution >= 0.6 is 0 Å². The molecule has 1 fully saturated rings. The lowest BCUT2D eigenvalue weighted by Gasteiger charge is -2.31. The standard InChI is InChI=1S/C21H23F3N6O3/c1-12-15(13(2)30-20(25-12)27-19(28-30)21(22,23)24)5-6-17(31)26-14-7-9-29(10-8-14)18(32)16-4-3-11-33-16/h3-4,11,14H,5-10H2,1-2H3,(H,26,31). The summed E-state index contributed by atoms with van der Waals surface area (Å²) in [7, 11) is 0. The van der Waals surface area contributed by atoms with Gasteiger partial charge in [-0.05, 0) is 50.8 Å². The number of rotatable bonds is 5. The Kier molecular flexibility index (Phi) is 6.09. The maximum Gasteiger partial charge on any atom is 0.453 e. The van der Waals surface area contributed by atoms with Crippen LogP contribution in [0, 0.1) is 13.8 Å². The van der Waals surface area contributed by atoms with E-state index in [1.807, 2.05) is 0 Å². The van der Waals surface area contributed by atoms with Gasteiger partial charge in [0.2, 0.25) is 5.91 Å². The van der Waals surface area contributed by atoms with Crippen molar-refractivity contribution in [2.24, 2.45) is 0 Å². The second-order valence-electron chi connectivity index (χ2n) is 8.02. The van der Waals surface area contributed by atoms with Crippen molar-refractivity contribution in [2.75, 3.05) is 13.1 Å². The van der Waals surface area contributed by atoms with Crippen LogP contribution in [0.15, 0.2) is 22.8 Å². The van der Waals surface area contributed by atoms with Crippen molar-refractivity contribution in [2.45, 2.75) is 51.7 Å². The fourth-order valence-corrected chi connectivity index (χ4v) is 4.01. The largest absolute Gasteiger partial charge is 0.459 e. The van der Waals surface area contributed by atoms with E-state index in [9.17, 15) is 22.8 Å². The lowest BCUT2D eigenvalue weighted by molar-refractivity contribution is -0.144. The van der Waals surface area contributed by atoms with Crippen molar-refractivity contribution in [3.63, 3.8) is 0 Å². The van der Waals surface area contributed by atoms with E-state index >= 15 is 0 Å². The third-order valence-corrected chi connectivity index (χ3v) is 5.78. The minimum atomic E-state index is -4.66. The second kappa shape index (κ2) is 8.83. The molecule has 0 unspecified atom stereocenters. The molecule has 0 saturated carbocycles. The number of alkyl halides is 3. The first-order valence-electron chi connectivity index (χ1n) is 10.6. The number of aryl methyl sites for hydroxylation is 2. The minimum absolute atomic E-state index is 0.0504. The molecule has 1 saturated heterocycles. The number of piperidine rings is 1. The lowest BCUT2D eigenvalue weighted by atomic mass is 10.0. The predicted octanol–water partition coefficient (Wildman–Crippen LogP) is 2.71. The average Bonchev–Trinajstić information content (AvgIpc) is 3.43. The number of carbonyl (C=O) groups excluding carboxylic acids is 2. The summed E-state index contributed by atoms with van der Waals surface area (Å²) < 4.78 is 45.0. The van der Waals surface area contributed by atoms with Gasteiger partial charge in [-0.25, -0.2) is 9.50 Å². The molecule has 176 valence electrons. The maximum absolute atomic E-state index is 12.9. The number of halogens is 3. The topological polar surface area (TPSA) is 106 Å². The van der Waals surface area contributed by atoms with Gasteiger partial charge in [0.25, 0.3) is 17.5 Å². The zero-order valence-corrected chi connectivity index (χ0v) is 18.1. The lowest BCUT2D eigenvalue weighted by Crippen LogP contribution is -2.46. The van der Waals surface area contributed by atoms with Gasteiger partial charge < -0.3 is 14.6 Å². The van der Waals surface area contributed by atoms with Crippen molar-refractivity contribution >= 4 is 17.6 Å². The molecule has 2 amide bonds. The molecule has 0 atom stereocenters. The summed E-state index contributed by atoms with van der Waals surface area (Å²) in [5.41, 5.74) is 1.65. The van der Waals surface area contributed by atoms with Gasteiger partial charge in [0.1, 0.15) is 0 Å². The summed E-state index contributed by atoms with van der Waals surface area (Å²) in [4.78, 5) is 34.1. The van der Waals surface area contributed by atoms with Crippen molar-refractivity contribution in [1.29, 1.82) is 0 Å². The van der Waals surface area contributed by atoms with Crippen molar-refractivity contribution < 1.29 is 27.2 Å². The number of furan rings is 1. The van der Waals surface area contributed by atoms with Gasteiger partial charge >= 0.3 is 6.18 Å². The molecule has 12 heteroatoms. The van der Waals surface area contributed by atoms with Gasteiger partial charge in [-0.15, -0.1) is 5.10 Å². The average molecular weight is 464 g/mol. The van der Waals surface area contributed by atoms with E-state index in [0.717, 1.165) is 4.52 Å². The highest BCUT2D eigenvalue weighted by molar-refractivity contribution is 5.91. The van der Waals surface area contributed by atoms with Crippen LogP contribution in [0.5, 0.6) is 0 Å². The minimum Gasteiger partial charge on any atom is -0.459 e. The Labute approximate surface area is 187 Å². The third-order valence-electron chi connectivity index (χ3n) is 5.78. The molecule has 3 aromatic heterocycles. The molecule has 1 aliphatic rings. The summed E-state index contributed by atoms with van der Waals surface area (Å²) in [5, 5.41) is 6.50. The zero-order chi connectivity index (χ0) is 23.8. The molecule has 1 N–H and O–H groups in total. The van der Waals surface area contributed by atoms with E-state index in [1.54, 1.807) is 30.9 Å². The van der Waals surface area contributed by atoms with Crippen molar-refractivity contribution in [3.8, 4) is 0 Å². The van der Waals surface area contributed by atoms with Gasteiger partial charge in [0.15, 0.2) is 5.76 Å². The molecule has 0 spiro atoms. The number of carbonyl (C=O) groups is 2. The number of nitrogens with zero attached hydrogens (tertiary/aromatic N) is 5. The molecular weight excluding hydrogens is 441 g/mol. The van der Waals surface area contributed by atoms with Crippen LogP contribution < -0.4 is 5.32 Å². The SMILES string of the molecule is Cc1nc2nc(C(F)(F)F)nn2c(C)c1CCC(=O)NC1CCN(C(=O)c2ccco2)CC1. The Hall–Kier alpha value is -3.44. The number of aromatic nitrogens is 4. The number of amides is 2. The summed E-state index contributed by atoms with van der Waals surface area (Å²) in [6, 6.07) is 3.23. The number of nitrogens with one attached hydrogen (secondary N) is 1. The fourth-order valence-electron chi connectivity index (χ4n) is 4.01. The first-order valence-corrected chi connectivity index (χ1v) is 10.6. The number of likely N-dealkylation sites (tertiary alicyclic amines) is 1. The van der Waals surface area contributed by atoms with Crippen LogP contribution in [-0.2, 0) is 17.4 Å². The van der Waals surface area contributed by atoms with E-state index < -0.39 is 12.0 Å². The Bertz CT molecular complexity index is 1160. The van der Waals surface area contributed by atoms with Gasteiger partial charge in [0.05, 0.1) is 6.26 Å². The molecule has 0 aromatic carbocycles. The van der Waals surface area contributed by atoms with Gasteiger partial charge in [-0.2, -0.15) is 18.2 Å². The molecule has 33 heavy (non-hydrogen) atoms. The molecule has 0 aliphatic carbocycles. The fraction of sp³-hybridized carbons (Fsp3) is 0.476. The van der Waals surface area contributed by atoms with Crippen LogP contribution in [0.4, 0.5) is 13.2 Å². The Balaban J connectivity index is 1.33. The third kappa shape index (κ3) is 4.83. The van der Waals surface area contributed by atoms with Crippen LogP contribution in [0.25, 0.3) is 5.78 Å². The molecule has 4 rings (SSSR count). The van der Waals surface area contributed by atoms with Crippen LogP contribution in [0.2, 0.25) is 0 Å². The van der Waals surface area contributed by atoms with Crippen molar-refractivity contribution in [1.82, 2.24) is 29.8 Å². The van der Waals surface area contributed by atoms with E-state index in [2.05, 4.69) is 20.4 Å². The first kappa shape index (κ1) is 22.7. The molecule has 0 bridgehead atoms. The van der Waals surface area contributed by atoms with E-state index in [0.29, 0.717) is 55.1 Å². The van der Waals surface area contributed by atoms with E-state index in [1.165, 1.54) is 6.26 Å². The quantitative estimate of drug-likeness (QED) is 0.623. The van der Waals surface area contributed by atoms with Crippen LogP contribution in [-0.4, -0.2) is 55.4 Å². The van der Waals surface area contributed by atoms with Gasteiger partial charge in [-0.1, -0.05) is 0 Å². The summed E-state index contributed by atoms with van der Waals surface area (Å²) >= 11 is 0. The smallest absolute Gasteiger partial charge is 0.453 e. The highest BCUT2D eigenvalue weighted by atomic mass is 19.4. The molecular formula is C21H23F3N6O3. The number of hydrogen-bond donors (Lipinski definition) is 1. The number of fused-ring (bicyclic) bond motifs is 1. The van der Waals surface area contributed by atoms with Gasteiger partial charge in [-0.3, -0.25) is 9.59 Å². The normalized spacial score (nSPS) is 15.2. The Morgan fingerprint density at radius 2 is 1.94 bits per heavy atom. The molecule has 9 nitrogen and oxygen atoms in total. The summed E-state index contributed by atoms with van der Waals surface area (Å²) in [6.07, 6.45) is -1.49. The zero-order valence-electron chi connectivity index (χ0n) is 18.1. The van der Waals surface area contributed by atoms with Gasteiger partial charge in [0, 0.05) is 36.9 Å². The van der Waals surface area contributed by atoms with E-state index in [-0.39, 0.29) is 30.1 Å². The maximum atomic E-state index is 12.9. The summed E-state index contributed by atoms with van der Waals surface area (Å²) in [6.45, 7) is 4.33. The highest BCUT2D eigenvalue weighted by Crippen LogP contribution is 2.27.